The van der Waals surface area contributed by atoms with Gasteiger partial charge in [-0.3, -0.25) is 0 Å². The van der Waals surface area contributed by atoms with E-state index < -0.39 is 0 Å². The maximum absolute atomic E-state index is 5.37. The molecule has 1 unspecified atom stereocenters. The van der Waals surface area contributed by atoms with Gasteiger partial charge in [-0.15, -0.1) is 0 Å². The van der Waals surface area contributed by atoms with Crippen molar-refractivity contribution >= 4 is 0 Å². The molecule has 0 aromatic heterocycles. The van der Waals surface area contributed by atoms with Crippen LogP contribution in [-0.4, -0.2) is 13.2 Å². The van der Waals surface area contributed by atoms with Crippen LogP contribution in [-0.2, 0) is 11.2 Å². The SMILES string of the molecule is CCc1ccc(C2CCOC2)cc1. The van der Waals surface area contributed by atoms with Gasteiger partial charge in [0.05, 0.1) is 6.61 Å². The summed E-state index contributed by atoms with van der Waals surface area (Å²) in [4.78, 5) is 0. The highest BCUT2D eigenvalue weighted by Gasteiger charge is 2.16. The second-order valence-corrected chi connectivity index (χ2v) is 3.66. The van der Waals surface area contributed by atoms with E-state index >= 15 is 0 Å². The lowest BCUT2D eigenvalue weighted by Crippen LogP contribution is -1.97. The Morgan fingerprint density at radius 1 is 1.31 bits per heavy atom. The molecule has 1 aromatic carbocycles. The van der Waals surface area contributed by atoms with Crippen LogP contribution >= 0.6 is 0 Å². The Hall–Kier alpha value is -0.820. The molecule has 1 aliphatic rings. The lowest BCUT2D eigenvalue weighted by molar-refractivity contribution is 0.194. The molecule has 1 fully saturated rings. The summed E-state index contributed by atoms with van der Waals surface area (Å²) in [7, 11) is 0. The smallest absolute Gasteiger partial charge is 0.0535 e. The summed E-state index contributed by atoms with van der Waals surface area (Å²) in [6.07, 6.45) is 2.31. The number of hydrogen-bond donors (Lipinski definition) is 0. The Balaban J connectivity index is 2.12. The third-order valence-corrected chi connectivity index (χ3v) is 2.79. The fraction of sp³-hybridized carbons (Fsp3) is 0.500. The molecule has 13 heavy (non-hydrogen) atoms. The largest absolute Gasteiger partial charge is 0.381 e. The van der Waals surface area contributed by atoms with Crippen molar-refractivity contribution < 1.29 is 4.74 Å². The topological polar surface area (TPSA) is 9.23 Å². The van der Waals surface area contributed by atoms with Gasteiger partial charge in [0.2, 0.25) is 0 Å². The number of aryl methyl sites for hydroxylation is 1. The van der Waals surface area contributed by atoms with Crippen LogP contribution < -0.4 is 0 Å². The summed E-state index contributed by atoms with van der Waals surface area (Å²) in [6.45, 7) is 4.03. The van der Waals surface area contributed by atoms with E-state index in [0.29, 0.717) is 5.92 Å². The summed E-state index contributed by atoms with van der Waals surface area (Å²) < 4.78 is 5.37. The fourth-order valence-corrected chi connectivity index (χ4v) is 1.82. The third-order valence-electron chi connectivity index (χ3n) is 2.79. The molecule has 1 heterocycles. The number of ether oxygens (including phenoxy) is 1. The zero-order chi connectivity index (χ0) is 9.10. The maximum atomic E-state index is 5.37. The molecule has 1 atom stereocenters. The van der Waals surface area contributed by atoms with Crippen molar-refractivity contribution in [1.29, 1.82) is 0 Å². The molecule has 2 rings (SSSR count). The van der Waals surface area contributed by atoms with Crippen molar-refractivity contribution in [2.24, 2.45) is 0 Å². The van der Waals surface area contributed by atoms with Crippen LogP contribution in [0.4, 0.5) is 0 Å². The monoisotopic (exact) mass is 176 g/mol. The second-order valence-electron chi connectivity index (χ2n) is 3.66. The molecular formula is C12H16O. The highest BCUT2D eigenvalue weighted by Crippen LogP contribution is 2.25. The summed E-state index contributed by atoms with van der Waals surface area (Å²) in [5.41, 5.74) is 2.86. The van der Waals surface area contributed by atoms with Gasteiger partial charge in [-0.1, -0.05) is 31.2 Å². The van der Waals surface area contributed by atoms with Crippen molar-refractivity contribution in [2.45, 2.75) is 25.7 Å². The molecular weight excluding hydrogens is 160 g/mol. The van der Waals surface area contributed by atoms with Crippen LogP contribution in [0.3, 0.4) is 0 Å². The van der Waals surface area contributed by atoms with Crippen molar-refractivity contribution in [3.05, 3.63) is 35.4 Å². The molecule has 0 aliphatic carbocycles. The number of rotatable bonds is 2. The summed E-state index contributed by atoms with van der Waals surface area (Å²) in [5.74, 6) is 0.644. The van der Waals surface area contributed by atoms with Gasteiger partial charge in [-0.05, 0) is 24.0 Å². The van der Waals surface area contributed by atoms with E-state index in [4.69, 9.17) is 4.74 Å². The van der Waals surface area contributed by atoms with Gasteiger partial charge >= 0.3 is 0 Å². The molecule has 1 aromatic rings. The molecule has 1 nitrogen and oxygen atoms in total. The minimum atomic E-state index is 0.644. The molecule has 70 valence electrons. The lowest BCUT2D eigenvalue weighted by Gasteiger charge is -2.07. The number of hydrogen-bond acceptors (Lipinski definition) is 1. The van der Waals surface area contributed by atoms with Gasteiger partial charge < -0.3 is 4.74 Å². The normalized spacial score (nSPS) is 22.1. The standard InChI is InChI=1S/C12H16O/c1-2-10-3-5-11(6-4-10)12-7-8-13-9-12/h3-6,12H,2,7-9H2,1H3. The van der Waals surface area contributed by atoms with Crippen LogP contribution in [0, 0.1) is 0 Å². The van der Waals surface area contributed by atoms with Crippen LogP contribution in [0.1, 0.15) is 30.4 Å². The fourth-order valence-electron chi connectivity index (χ4n) is 1.82. The van der Waals surface area contributed by atoms with Crippen LogP contribution in [0.2, 0.25) is 0 Å². The first-order chi connectivity index (χ1) is 6.40. The average Bonchev–Trinajstić information content (AvgIpc) is 2.71. The van der Waals surface area contributed by atoms with Gasteiger partial charge in [0.1, 0.15) is 0 Å². The first kappa shape index (κ1) is 8.76. The van der Waals surface area contributed by atoms with Crippen LogP contribution in [0.5, 0.6) is 0 Å². The van der Waals surface area contributed by atoms with Crippen molar-refractivity contribution in [3.8, 4) is 0 Å². The molecule has 0 radical (unpaired) electrons. The minimum absolute atomic E-state index is 0.644. The summed E-state index contributed by atoms with van der Waals surface area (Å²) in [5, 5.41) is 0. The van der Waals surface area contributed by atoms with E-state index in [0.717, 1.165) is 19.6 Å². The molecule has 1 heteroatoms. The molecule has 0 spiro atoms. The number of benzene rings is 1. The zero-order valence-corrected chi connectivity index (χ0v) is 8.12. The summed E-state index contributed by atoms with van der Waals surface area (Å²) in [6, 6.07) is 8.96. The molecule has 1 aliphatic heterocycles. The van der Waals surface area contributed by atoms with Crippen LogP contribution in [0.15, 0.2) is 24.3 Å². The molecule has 0 bridgehead atoms. The van der Waals surface area contributed by atoms with Gasteiger partial charge in [0.15, 0.2) is 0 Å². The second kappa shape index (κ2) is 3.93. The van der Waals surface area contributed by atoms with Gasteiger partial charge in [0, 0.05) is 12.5 Å². The van der Waals surface area contributed by atoms with Gasteiger partial charge in [-0.2, -0.15) is 0 Å². The average molecular weight is 176 g/mol. The van der Waals surface area contributed by atoms with Crippen molar-refractivity contribution in [1.82, 2.24) is 0 Å². The Labute approximate surface area is 79.7 Å². The minimum Gasteiger partial charge on any atom is -0.381 e. The first-order valence-electron chi connectivity index (χ1n) is 5.06. The molecule has 0 saturated carbocycles. The van der Waals surface area contributed by atoms with E-state index in [2.05, 4.69) is 31.2 Å². The van der Waals surface area contributed by atoms with E-state index in [1.165, 1.54) is 17.5 Å². The Kier molecular flexibility index (Phi) is 2.65. The van der Waals surface area contributed by atoms with E-state index in [-0.39, 0.29) is 0 Å². The molecule has 0 amide bonds. The zero-order valence-electron chi connectivity index (χ0n) is 8.12. The Bertz CT molecular complexity index is 257. The first-order valence-corrected chi connectivity index (χ1v) is 5.06. The van der Waals surface area contributed by atoms with E-state index in [1.54, 1.807) is 0 Å². The highest BCUT2D eigenvalue weighted by atomic mass is 16.5. The highest BCUT2D eigenvalue weighted by molar-refractivity contribution is 5.25. The summed E-state index contributed by atoms with van der Waals surface area (Å²) >= 11 is 0. The predicted octanol–water partition coefficient (Wildman–Crippen LogP) is 2.75. The van der Waals surface area contributed by atoms with E-state index in [9.17, 15) is 0 Å². The van der Waals surface area contributed by atoms with Crippen LogP contribution in [0.25, 0.3) is 0 Å². The van der Waals surface area contributed by atoms with Crippen molar-refractivity contribution in [2.75, 3.05) is 13.2 Å². The lowest BCUT2D eigenvalue weighted by atomic mass is 9.97. The predicted molar refractivity (Wildman–Crippen MR) is 54.0 cm³/mol. The Morgan fingerprint density at radius 3 is 2.62 bits per heavy atom. The molecule has 1 saturated heterocycles. The Morgan fingerprint density at radius 2 is 2.08 bits per heavy atom. The maximum Gasteiger partial charge on any atom is 0.0535 e. The van der Waals surface area contributed by atoms with Gasteiger partial charge in [0.25, 0.3) is 0 Å². The molecule has 0 N–H and O–H groups in total. The third kappa shape index (κ3) is 1.92. The van der Waals surface area contributed by atoms with E-state index in [1.807, 2.05) is 0 Å². The van der Waals surface area contributed by atoms with Crippen molar-refractivity contribution in [3.63, 3.8) is 0 Å². The quantitative estimate of drug-likeness (QED) is 0.673. The van der Waals surface area contributed by atoms with Gasteiger partial charge in [-0.25, -0.2) is 0 Å².